The standard InChI is InChI=1S/C14H19BrN2O2/c1-10-6-13(17-8-12(10)15)19-11-7-14(18-9-11)2-4-16-5-3-14/h6,8,11,16H,2-5,7,9H2,1H3. The van der Waals surface area contributed by atoms with E-state index in [-0.39, 0.29) is 11.7 Å². The van der Waals surface area contributed by atoms with E-state index in [0.29, 0.717) is 12.5 Å². The zero-order valence-electron chi connectivity index (χ0n) is 11.1. The minimum Gasteiger partial charge on any atom is -0.472 e. The summed E-state index contributed by atoms with van der Waals surface area (Å²) in [5, 5.41) is 3.38. The second-order valence-corrected chi connectivity index (χ2v) is 6.31. The lowest BCUT2D eigenvalue weighted by molar-refractivity contribution is -0.0205. The molecule has 104 valence electrons. The molecule has 0 aliphatic carbocycles. The van der Waals surface area contributed by atoms with Gasteiger partial charge >= 0.3 is 0 Å². The molecular formula is C14H19BrN2O2. The molecular weight excluding hydrogens is 308 g/mol. The van der Waals surface area contributed by atoms with Crippen LogP contribution in [-0.4, -0.2) is 36.4 Å². The van der Waals surface area contributed by atoms with Gasteiger partial charge in [-0.15, -0.1) is 0 Å². The van der Waals surface area contributed by atoms with Crippen LogP contribution in [0.25, 0.3) is 0 Å². The van der Waals surface area contributed by atoms with E-state index in [1.165, 1.54) is 0 Å². The first-order valence-electron chi connectivity index (χ1n) is 6.80. The Hall–Kier alpha value is -0.650. The SMILES string of the molecule is Cc1cc(OC2COC3(CCNCC3)C2)ncc1Br. The van der Waals surface area contributed by atoms with Gasteiger partial charge in [-0.3, -0.25) is 0 Å². The van der Waals surface area contributed by atoms with Crippen molar-refractivity contribution in [1.82, 2.24) is 10.3 Å². The van der Waals surface area contributed by atoms with E-state index in [1.54, 1.807) is 6.20 Å². The molecule has 2 aliphatic rings. The number of hydrogen-bond acceptors (Lipinski definition) is 4. The summed E-state index contributed by atoms with van der Waals surface area (Å²) in [6.07, 6.45) is 5.07. The molecule has 0 amide bonds. The second kappa shape index (κ2) is 5.38. The maximum atomic E-state index is 6.02. The predicted molar refractivity (Wildman–Crippen MR) is 76.5 cm³/mol. The number of halogens is 1. The van der Waals surface area contributed by atoms with Gasteiger partial charge in [-0.2, -0.15) is 0 Å². The van der Waals surface area contributed by atoms with Crippen LogP contribution in [0.3, 0.4) is 0 Å². The topological polar surface area (TPSA) is 43.4 Å². The summed E-state index contributed by atoms with van der Waals surface area (Å²) in [7, 11) is 0. The molecule has 1 N–H and O–H groups in total. The van der Waals surface area contributed by atoms with Gasteiger partial charge in [-0.25, -0.2) is 4.98 Å². The highest BCUT2D eigenvalue weighted by Gasteiger charge is 2.42. The molecule has 1 atom stereocenters. The maximum absolute atomic E-state index is 6.02. The van der Waals surface area contributed by atoms with Crippen LogP contribution in [0.15, 0.2) is 16.7 Å². The first kappa shape index (κ1) is 13.3. The van der Waals surface area contributed by atoms with Crippen molar-refractivity contribution in [3.63, 3.8) is 0 Å². The van der Waals surface area contributed by atoms with E-state index in [0.717, 1.165) is 42.4 Å². The lowest BCUT2D eigenvalue weighted by atomic mass is 9.89. The largest absolute Gasteiger partial charge is 0.472 e. The van der Waals surface area contributed by atoms with Crippen LogP contribution in [0, 0.1) is 6.92 Å². The summed E-state index contributed by atoms with van der Waals surface area (Å²) in [6, 6.07) is 1.97. The Morgan fingerprint density at radius 1 is 1.47 bits per heavy atom. The third-order valence-electron chi connectivity index (χ3n) is 4.00. The Labute approximate surface area is 122 Å². The van der Waals surface area contributed by atoms with Crippen molar-refractivity contribution < 1.29 is 9.47 Å². The van der Waals surface area contributed by atoms with E-state index in [4.69, 9.17) is 9.47 Å². The number of nitrogens with one attached hydrogen (secondary N) is 1. The summed E-state index contributed by atoms with van der Waals surface area (Å²) in [5.41, 5.74) is 1.18. The summed E-state index contributed by atoms with van der Waals surface area (Å²) >= 11 is 3.45. The number of rotatable bonds is 2. The molecule has 0 saturated carbocycles. The third-order valence-corrected chi connectivity index (χ3v) is 4.83. The monoisotopic (exact) mass is 326 g/mol. The number of aromatic nitrogens is 1. The molecule has 1 unspecified atom stereocenters. The molecule has 2 fully saturated rings. The molecule has 3 heterocycles. The molecule has 1 spiro atoms. The van der Waals surface area contributed by atoms with Crippen molar-refractivity contribution in [2.45, 2.75) is 37.9 Å². The number of piperidine rings is 1. The highest BCUT2D eigenvalue weighted by molar-refractivity contribution is 9.10. The van der Waals surface area contributed by atoms with E-state index in [1.807, 2.05) is 13.0 Å². The number of aryl methyl sites for hydroxylation is 1. The van der Waals surface area contributed by atoms with E-state index in [2.05, 4.69) is 26.2 Å². The van der Waals surface area contributed by atoms with Crippen molar-refractivity contribution in [2.24, 2.45) is 0 Å². The van der Waals surface area contributed by atoms with Crippen LogP contribution in [0.2, 0.25) is 0 Å². The number of pyridine rings is 1. The average Bonchev–Trinajstić information content (AvgIpc) is 2.78. The first-order valence-corrected chi connectivity index (χ1v) is 7.60. The molecule has 2 saturated heterocycles. The lowest BCUT2D eigenvalue weighted by Gasteiger charge is -2.32. The molecule has 4 nitrogen and oxygen atoms in total. The third kappa shape index (κ3) is 2.93. The summed E-state index contributed by atoms with van der Waals surface area (Å²) in [6.45, 7) is 4.81. The fourth-order valence-electron chi connectivity index (χ4n) is 2.86. The normalized spacial score (nSPS) is 25.7. The Bertz CT molecular complexity index is 461. The quantitative estimate of drug-likeness (QED) is 0.906. The summed E-state index contributed by atoms with van der Waals surface area (Å²) < 4.78 is 13.0. The fraction of sp³-hybridized carbons (Fsp3) is 0.643. The van der Waals surface area contributed by atoms with Gasteiger partial charge in [0.25, 0.3) is 0 Å². The molecule has 19 heavy (non-hydrogen) atoms. The van der Waals surface area contributed by atoms with Crippen LogP contribution < -0.4 is 10.1 Å². The fourth-order valence-corrected chi connectivity index (χ4v) is 3.07. The van der Waals surface area contributed by atoms with Crippen molar-refractivity contribution in [3.05, 3.63) is 22.3 Å². The van der Waals surface area contributed by atoms with Gasteiger partial charge in [0.15, 0.2) is 0 Å². The van der Waals surface area contributed by atoms with Gasteiger partial charge < -0.3 is 14.8 Å². The Morgan fingerprint density at radius 2 is 2.26 bits per heavy atom. The molecule has 0 radical (unpaired) electrons. The van der Waals surface area contributed by atoms with Crippen LogP contribution >= 0.6 is 15.9 Å². The van der Waals surface area contributed by atoms with Crippen LogP contribution in [0.4, 0.5) is 0 Å². The molecule has 1 aromatic heterocycles. The Kier molecular flexibility index (Phi) is 3.78. The average molecular weight is 327 g/mol. The smallest absolute Gasteiger partial charge is 0.213 e. The van der Waals surface area contributed by atoms with Gasteiger partial charge in [0, 0.05) is 23.2 Å². The first-order chi connectivity index (χ1) is 9.17. The number of ether oxygens (including phenoxy) is 2. The molecule has 1 aromatic rings. The minimum absolute atomic E-state index is 0.0420. The maximum Gasteiger partial charge on any atom is 0.213 e. The van der Waals surface area contributed by atoms with Crippen molar-refractivity contribution in [1.29, 1.82) is 0 Å². The zero-order valence-corrected chi connectivity index (χ0v) is 12.7. The van der Waals surface area contributed by atoms with Gasteiger partial charge in [-0.05, 0) is 54.3 Å². The number of hydrogen-bond donors (Lipinski definition) is 1. The Morgan fingerprint density at radius 3 is 3.00 bits per heavy atom. The van der Waals surface area contributed by atoms with Crippen LogP contribution in [-0.2, 0) is 4.74 Å². The predicted octanol–water partition coefficient (Wildman–Crippen LogP) is 2.44. The summed E-state index contributed by atoms with van der Waals surface area (Å²) in [4.78, 5) is 4.30. The van der Waals surface area contributed by atoms with Crippen molar-refractivity contribution in [2.75, 3.05) is 19.7 Å². The molecule has 0 aromatic carbocycles. The van der Waals surface area contributed by atoms with Crippen molar-refractivity contribution >= 4 is 15.9 Å². The molecule has 3 rings (SSSR count). The summed E-state index contributed by atoms with van der Waals surface area (Å²) in [5.74, 6) is 0.695. The highest BCUT2D eigenvalue weighted by Crippen LogP contribution is 2.35. The van der Waals surface area contributed by atoms with Crippen LogP contribution in [0.5, 0.6) is 5.88 Å². The highest BCUT2D eigenvalue weighted by atomic mass is 79.9. The van der Waals surface area contributed by atoms with Crippen LogP contribution in [0.1, 0.15) is 24.8 Å². The van der Waals surface area contributed by atoms with Gasteiger partial charge in [0.05, 0.1) is 12.2 Å². The zero-order chi connectivity index (χ0) is 13.3. The van der Waals surface area contributed by atoms with Crippen molar-refractivity contribution in [3.8, 4) is 5.88 Å². The lowest BCUT2D eigenvalue weighted by Crippen LogP contribution is -2.41. The van der Waals surface area contributed by atoms with E-state index < -0.39 is 0 Å². The van der Waals surface area contributed by atoms with E-state index in [9.17, 15) is 0 Å². The molecule has 0 bridgehead atoms. The molecule has 2 aliphatic heterocycles. The van der Waals surface area contributed by atoms with Gasteiger partial charge in [0.1, 0.15) is 6.10 Å². The number of nitrogens with zero attached hydrogens (tertiary/aromatic N) is 1. The minimum atomic E-state index is 0.0420. The Balaban J connectivity index is 1.63. The van der Waals surface area contributed by atoms with E-state index >= 15 is 0 Å². The van der Waals surface area contributed by atoms with Gasteiger partial charge in [-0.1, -0.05) is 0 Å². The second-order valence-electron chi connectivity index (χ2n) is 5.46. The van der Waals surface area contributed by atoms with Gasteiger partial charge in [0.2, 0.25) is 5.88 Å². The molecule has 5 heteroatoms.